The third kappa shape index (κ3) is 5.21. The summed E-state index contributed by atoms with van der Waals surface area (Å²) in [6, 6.07) is 5.65. The van der Waals surface area contributed by atoms with E-state index >= 15 is 0 Å². The third-order valence-electron chi connectivity index (χ3n) is 3.63. The van der Waals surface area contributed by atoms with E-state index in [-0.39, 0.29) is 24.0 Å². The molecule has 1 heterocycles. The van der Waals surface area contributed by atoms with E-state index in [9.17, 15) is 12.8 Å². The van der Waals surface area contributed by atoms with Gasteiger partial charge in [-0.1, -0.05) is 12.1 Å². The van der Waals surface area contributed by atoms with E-state index in [4.69, 9.17) is 0 Å². The molecule has 0 spiro atoms. The molecule has 0 aromatic heterocycles. The molecule has 0 radical (unpaired) electrons. The Morgan fingerprint density at radius 2 is 2.00 bits per heavy atom. The average Bonchev–Trinajstić information content (AvgIpc) is 2.42. The van der Waals surface area contributed by atoms with Gasteiger partial charge in [0.15, 0.2) is 0 Å². The van der Waals surface area contributed by atoms with E-state index in [0.29, 0.717) is 24.6 Å². The summed E-state index contributed by atoms with van der Waals surface area (Å²) in [7, 11) is -1.44. The number of rotatable bonds is 5. The number of hydrogen-bond acceptors (Lipinski definition) is 3. The first-order valence-electron chi connectivity index (χ1n) is 6.88. The Kier molecular flexibility index (Phi) is 7.06. The van der Waals surface area contributed by atoms with Crippen molar-refractivity contribution in [3.05, 3.63) is 35.6 Å². The topological polar surface area (TPSA) is 49.4 Å². The zero-order chi connectivity index (χ0) is 14.6. The highest BCUT2D eigenvalue weighted by Gasteiger charge is 2.28. The molecule has 0 aliphatic carbocycles. The number of piperidine rings is 1. The largest absolute Gasteiger partial charge is 0.319 e. The van der Waals surface area contributed by atoms with Crippen molar-refractivity contribution in [2.75, 3.05) is 26.7 Å². The van der Waals surface area contributed by atoms with Crippen LogP contribution >= 0.6 is 12.4 Å². The summed E-state index contributed by atoms with van der Waals surface area (Å²) in [6.45, 7) is 2.00. The smallest absolute Gasteiger partial charge is 0.218 e. The number of nitrogens with one attached hydrogen (secondary N) is 1. The van der Waals surface area contributed by atoms with Crippen molar-refractivity contribution in [3.8, 4) is 0 Å². The fourth-order valence-electron chi connectivity index (χ4n) is 2.62. The van der Waals surface area contributed by atoms with E-state index in [1.807, 2.05) is 7.05 Å². The lowest BCUT2D eigenvalue weighted by molar-refractivity contribution is 0.263. The van der Waals surface area contributed by atoms with Gasteiger partial charge < -0.3 is 5.32 Å². The molecular formula is C14H22ClFN2O2S. The second kappa shape index (κ2) is 8.08. The highest BCUT2D eigenvalue weighted by molar-refractivity contribution is 7.88. The number of nitrogens with zero attached hydrogens (tertiary/aromatic N) is 1. The van der Waals surface area contributed by atoms with Crippen molar-refractivity contribution in [1.29, 1.82) is 0 Å². The lowest BCUT2D eigenvalue weighted by Crippen LogP contribution is -2.42. The minimum absolute atomic E-state index is 0. The maximum absolute atomic E-state index is 12.8. The molecule has 1 N–H and O–H groups in total. The van der Waals surface area contributed by atoms with Gasteiger partial charge in [-0.15, -0.1) is 12.4 Å². The summed E-state index contributed by atoms with van der Waals surface area (Å²) in [5.74, 6) is -0.0329. The normalized spacial score (nSPS) is 20.0. The van der Waals surface area contributed by atoms with Gasteiger partial charge in [0.1, 0.15) is 5.82 Å². The quantitative estimate of drug-likeness (QED) is 0.894. The molecule has 1 fully saturated rings. The van der Waals surface area contributed by atoms with Gasteiger partial charge in [0.05, 0.1) is 5.75 Å². The van der Waals surface area contributed by atoms with Gasteiger partial charge in [-0.05, 0) is 50.0 Å². The third-order valence-corrected chi connectivity index (χ3v) is 5.45. The molecule has 21 heavy (non-hydrogen) atoms. The van der Waals surface area contributed by atoms with Crippen LogP contribution in [0.1, 0.15) is 18.4 Å². The van der Waals surface area contributed by atoms with Crippen LogP contribution < -0.4 is 5.32 Å². The predicted molar refractivity (Wildman–Crippen MR) is 84.5 cm³/mol. The molecule has 120 valence electrons. The Bertz CT molecular complexity index is 534. The molecule has 1 aromatic rings. The second-order valence-electron chi connectivity index (χ2n) is 5.31. The predicted octanol–water partition coefficient (Wildman–Crippen LogP) is 2.01. The van der Waals surface area contributed by atoms with E-state index < -0.39 is 10.0 Å². The summed E-state index contributed by atoms with van der Waals surface area (Å²) < 4.78 is 39.2. The Balaban J connectivity index is 0.00000220. The van der Waals surface area contributed by atoms with Crippen molar-refractivity contribution in [2.24, 2.45) is 5.92 Å². The van der Waals surface area contributed by atoms with Crippen LogP contribution in [0.2, 0.25) is 0 Å². The summed E-state index contributed by atoms with van der Waals surface area (Å²) >= 11 is 0. The highest BCUT2D eigenvalue weighted by Crippen LogP contribution is 2.21. The van der Waals surface area contributed by atoms with E-state index in [1.165, 1.54) is 24.3 Å². The van der Waals surface area contributed by atoms with Gasteiger partial charge in [-0.2, -0.15) is 0 Å². The van der Waals surface area contributed by atoms with Crippen LogP contribution in [0.25, 0.3) is 0 Å². The fraction of sp³-hybridized carbons (Fsp3) is 0.571. The van der Waals surface area contributed by atoms with Gasteiger partial charge in [-0.3, -0.25) is 0 Å². The molecule has 1 aromatic carbocycles. The minimum atomic E-state index is -3.32. The Hall–Kier alpha value is -0.690. The summed E-state index contributed by atoms with van der Waals surface area (Å²) in [5.41, 5.74) is 0.627. The fourth-order valence-corrected chi connectivity index (χ4v) is 4.26. The minimum Gasteiger partial charge on any atom is -0.319 e. The Labute approximate surface area is 132 Å². The Morgan fingerprint density at radius 1 is 1.33 bits per heavy atom. The maximum atomic E-state index is 12.8. The van der Waals surface area contributed by atoms with Crippen LogP contribution in [0.3, 0.4) is 0 Å². The van der Waals surface area contributed by atoms with Crippen molar-refractivity contribution in [2.45, 2.75) is 18.6 Å². The van der Waals surface area contributed by atoms with Gasteiger partial charge in [0.25, 0.3) is 0 Å². The van der Waals surface area contributed by atoms with Gasteiger partial charge in [-0.25, -0.2) is 17.1 Å². The lowest BCUT2D eigenvalue weighted by atomic mass is 10.00. The maximum Gasteiger partial charge on any atom is 0.218 e. The molecule has 1 saturated heterocycles. The molecule has 1 atom stereocenters. The van der Waals surface area contributed by atoms with E-state index in [2.05, 4.69) is 5.32 Å². The zero-order valence-corrected chi connectivity index (χ0v) is 13.7. The lowest BCUT2D eigenvalue weighted by Gasteiger charge is -2.31. The number of halogens is 2. The molecular weight excluding hydrogens is 315 g/mol. The zero-order valence-electron chi connectivity index (χ0n) is 12.1. The first kappa shape index (κ1) is 18.4. The molecule has 2 rings (SSSR count). The van der Waals surface area contributed by atoms with Crippen LogP contribution in [0.4, 0.5) is 4.39 Å². The molecule has 1 aliphatic rings. The standard InChI is InChI=1S/C14H21FN2O2S.ClH/c1-16-9-13-3-2-8-17(10-13)20(18,19)11-12-4-6-14(15)7-5-12;/h4-7,13,16H,2-3,8-11H2,1H3;1H. The molecule has 1 aliphatic heterocycles. The van der Waals surface area contributed by atoms with Crippen LogP contribution in [0.5, 0.6) is 0 Å². The number of benzene rings is 1. The van der Waals surface area contributed by atoms with Crippen molar-refractivity contribution in [1.82, 2.24) is 9.62 Å². The van der Waals surface area contributed by atoms with Crippen LogP contribution in [-0.4, -0.2) is 39.4 Å². The van der Waals surface area contributed by atoms with E-state index in [0.717, 1.165) is 19.4 Å². The van der Waals surface area contributed by atoms with Crippen molar-refractivity contribution in [3.63, 3.8) is 0 Å². The van der Waals surface area contributed by atoms with Crippen LogP contribution in [0, 0.1) is 11.7 Å². The second-order valence-corrected chi connectivity index (χ2v) is 7.28. The summed E-state index contributed by atoms with van der Waals surface area (Å²) in [6.07, 6.45) is 1.96. The summed E-state index contributed by atoms with van der Waals surface area (Å²) in [4.78, 5) is 0. The van der Waals surface area contributed by atoms with Crippen molar-refractivity contribution >= 4 is 22.4 Å². The van der Waals surface area contributed by atoms with Gasteiger partial charge in [0, 0.05) is 13.1 Å². The first-order valence-corrected chi connectivity index (χ1v) is 8.49. The van der Waals surface area contributed by atoms with Gasteiger partial charge in [0.2, 0.25) is 10.0 Å². The van der Waals surface area contributed by atoms with Crippen LogP contribution in [0.15, 0.2) is 24.3 Å². The van der Waals surface area contributed by atoms with Crippen molar-refractivity contribution < 1.29 is 12.8 Å². The van der Waals surface area contributed by atoms with Gasteiger partial charge >= 0.3 is 0 Å². The first-order chi connectivity index (χ1) is 9.51. The molecule has 7 heteroatoms. The summed E-state index contributed by atoms with van der Waals surface area (Å²) in [5, 5.41) is 3.10. The monoisotopic (exact) mass is 336 g/mol. The highest BCUT2D eigenvalue weighted by atomic mass is 35.5. The van der Waals surface area contributed by atoms with Crippen LogP contribution in [-0.2, 0) is 15.8 Å². The number of sulfonamides is 1. The molecule has 0 bridgehead atoms. The van der Waals surface area contributed by atoms with E-state index in [1.54, 1.807) is 4.31 Å². The molecule has 1 unspecified atom stereocenters. The Morgan fingerprint density at radius 3 is 2.62 bits per heavy atom. The molecule has 0 amide bonds. The number of hydrogen-bond donors (Lipinski definition) is 1. The molecule has 4 nitrogen and oxygen atoms in total. The molecule has 0 saturated carbocycles. The average molecular weight is 337 g/mol. The SMILES string of the molecule is CNCC1CCCN(S(=O)(=O)Cc2ccc(F)cc2)C1.Cl.